The second-order valence-corrected chi connectivity index (χ2v) is 5.21. The fourth-order valence-corrected chi connectivity index (χ4v) is 2.46. The molecule has 1 heterocycles. The summed E-state index contributed by atoms with van der Waals surface area (Å²) in [5.74, 6) is 2.22. The molecular formula is C13H15BrN2O2. The molecule has 0 atom stereocenters. The molecule has 5 heteroatoms. The van der Waals surface area contributed by atoms with Crippen LogP contribution in [-0.4, -0.2) is 12.3 Å². The first-order valence-electron chi connectivity index (χ1n) is 5.63. The average Bonchev–Trinajstić information content (AvgIpc) is 2.74. The fourth-order valence-electron chi connectivity index (χ4n) is 1.83. The van der Waals surface area contributed by atoms with Gasteiger partial charge in [0, 0.05) is 11.6 Å². The molecule has 0 saturated heterocycles. The van der Waals surface area contributed by atoms with Crippen molar-refractivity contribution in [3.63, 3.8) is 0 Å². The van der Waals surface area contributed by atoms with Gasteiger partial charge in [-0.2, -0.15) is 0 Å². The average molecular weight is 311 g/mol. The second-order valence-electron chi connectivity index (χ2n) is 4.35. The summed E-state index contributed by atoms with van der Waals surface area (Å²) in [7, 11) is 1.66. The van der Waals surface area contributed by atoms with Gasteiger partial charge in [-0.15, -0.1) is 0 Å². The Morgan fingerprint density at radius 2 is 2.06 bits per heavy atom. The Balaban J connectivity index is 2.57. The van der Waals surface area contributed by atoms with Gasteiger partial charge in [0.05, 0.1) is 11.6 Å². The van der Waals surface area contributed by atoms with Gasteiger partial charge in [0.25, 0.3) is 0 Å². The Bertz CT molecular complexity index is 564. The number of methoxy groups -OCH3 is 1. The van der Waals surface area contributed by atoms with Gasteiger partial charge in [-0.1, -0.05) is 19.0 Å². The molecule has 2 N–H and O–H groups in total. The maximum absolute atomic E-state index is 5.57. The van der Waals surface area contributed by atoms with E-state index in [9.17, 15) is 0 Å². The van der Waals surface area contributed by atoms with Gasteiger partial charge in [0.2, 0.25) is 0 Å². The Kier molecular flexibility index (Phi) is 3.61. The number of rotatable bonds is 3. The van der Waals surface area contributed by atoms with E-state index in [1.165, 1.54) is 0 Å². The van der Waals surface area contributed by atoms with E-state index in [1.54, 1.807) is 13.2 Å². The smallest absolute Gasteiger partial charge is 0.169 e. The van der Waals surface area contributed by atoms with Crippen molar-refractivity contribution in [3.05, 3.63) is 28.2 Å². The lowest BCUT2D eigenvalue weighted by molar-refractivity contribution is 0.404. The zero-order valence-electron chi connectivity index (χ0n) is 10.5. The van der Waals surface area contributed by atoms with Crippen LogP contribution in [-0.2, 0) is 0 Å². The number of halogens is 1. The highest BCUT2D eigenvalue weighted by Crippen LogP contribution is 2.38. The third-order valence-electron chi connectivity index (χ3n) is 2.71. The lowest BCUT2D eigenvalue weighted by Gasteiger charge is -2.14. The first-order valence-corrected chi connectivity index (χ1v) is 6.42. The summed E-state index contributed by atoms with van der Waals surface area (Å²) in [6, 6.07) is 5.68. The van der Waals surface area contributed by atoms with Crippen LogP contribution >= 0.6 is 15.9 Å². The molecule has 0 unspecified atom stereocenters. The van der Waals surface area contributed by atoms with Crippen LogP contribution in [0.2, 0.25) is 0 Å². The number of ether oxygens (including phenoxy) is 1. The van der Waals surface area contributed by atoms with E-state index < -0.39 is 0 Å². The van der Waals surface area contributed by atoms with Gasteiger partial charge in [-0.25, -0.2) is 0 Å². The van der Waals surface area contributed by atoms with Gasteiger partial charge in [0.15, 0.2) is 11.6 Å². The zero-order chi connectivity index (χ0) is 13.3. The minimum Gasteiger partial charge on any atom is -0.495 e. The molecule has 2 rings (SSSR count). The fraction of sp³-hybridized carbons (Fsp3) is 0.308. The molecule has 0 radical (unpaired) electrons. The van der Waals surface area contributed by atoms with Crippen LogP contribution in [0.4, 0.5) is 5.82 Å². The van der Waals surface area contributed by atoms with E-state index >= 15 is 0 Å². The summed E-state index contributed by atoms with van der Waals surface area (Å²) in [6.45, 7) is 4.23. The topological polar surface area (TPSA) is 61.3 Å². The third-order valence-corrected chi connectivity index (χ3v) is 3.30. The number of aromatic nitrogens is 1. The molecule has 4 nitrogen and oxygen atoms in total. The van der Waals surface area contributed by atoms with E-state index in [2.05, 4.69) is 34.9 Å². The normalized spacial score (nSPS) is 10.9. The summed E-state index contributed by atoms with van der Waals surface area (Å²) in [5.41, 5.74) is 7.60. The number of hydrogen-bond acceptors (Lipinski definition) is 4. The van der Waals surface area contributed by atoms with Crippen molar-refractivity contribution >= 4 is 21.7 Å². The highest BCUT2D eigenvalue weighted by Gasteiger charge is 2.15. The van der Waals surface area contributed by atoms with Crippen LogP contribution in [0, 0.1) is 0 Å². The van der Waals surface area contributed by atoms with Gasteiger partial charge < -0.3 is 15.0 Å². The number of hydrogen-bond donors (Lipinski definition) is 1. The van der Waals surface area contributed by atoms with Crippen LogP contribution in [0.15, 0.2) is 27.2 Å². The van der Waals surface area contributed by atoms with Crippen LogP contribution in [0.3, 0.4) is 0 Å². The molecule has 18 heavy (non-hydrogen) atoms. The van der Waals surface area contributed by atoms with Gasteiger partial charge >= 0.3 is 0 Å². The minimum atomic E-state index is 0.344. The molecule has 0 spiro atoms. The van der Waals surface area contributed by atoms with Gasteiger partial charge in [0.1, 0.15) is 5.75 Å². The monoisotopic (exact) mass is 310 g/mol. The predicted octanol–water partition coefficient (Wildman–Crippen LogP) is 3.82. The Labute approximate surface area is 114 Å². The summed E-state index contributed by atoms with van der Waals surface area (Å²) in [6.07, 6.45) is 0. The molecule has 0 aliphatic carbocycles. The van der Waals surface area contributed by atoms with Crippen molar-refractivity contribution < 1.29 is 9.26 Å². The molecule has 1 aromatic carbocycles. The summed E-state index contributed by atoms with van der Waals surface area (Å²) in [4.78, 5) is 0. The van der Waals surface area contributed by atoms with Crippen molar-refractivity contribution in [1.29, 1.82) is 0 Å². The predicted molar refractivity (Wildman–Crippen MR) is 74.7 cm³/mol. The van der Waals surface area contributed by atoms with Crippen molar-refractivity contribution in [2.45, 2.75) is 19.8 Å². The first-order chi connectivity index (χ1) is 8.52. The van der Waals surface area contributed by atoms with E-state index in [0.29, 0.717) is 17.5 Å². The van der Waals surface area contributed by atoms with Crippen LogP contribution in [0.1, 0.15) is 25.3 Å². The standard InChI is InChI=1S/C13H15BrN2O2/c1-7(2)9-4-8(5-10(14)13(9)17-3)11-6-12(15)16-18-11/h4-7H,1-3H3,(H2,15,16). The molecule has 0 amide bonds. The van der Waals surface area contributed by atoms with E-state index in [4.69, 9.17) is 15.0 Å². The maximum Gasteiger partial charge on any atom is 0.169 e. The molecule has 1 aromatic heterocycles. The lowest BCUT2D eigenvalue weighted by Crippen LogP contribution is -1.96. The molecule has 0 fully saturated rings. The highest BCUT2D eigenvalue weighted by molar-refractivity contribution is 9.10. The van der Waals surface area contributed by atoms with Crippen molar-refractivity contribution in [2.75, 3.05) is 12.8 Å². The van der Waals surface area contributed by atoms with Crippen molar-refractivity contribution in [2.24, 2.45) is 0 Å². The molecule has 96 valence electrons. The van der Waals surface area contributed by atoms with Crippen molar-refractivity contribution in [3.8, 4) is 17.1 Å². The second kappa shape index (κ2) is 5.02. The number of nitrogen functional groups attached to an aromatic ring is 1. The highest BCUT2D eigenvalue weighted by atomic mass is 79.9. The summed E-state index contributed by atoms with van der Waals surface area (Å²) < 4.78 is 11.5. The molecule has 0 aliphatic heterocycles. The number of benzene rings is 1. The SMILES string of the molecule is COc1c(Br)cc(-c2cc(N)no2)cc1C(C)C. The largest absolute Gasteiger partial charge is 0.495 e. The Morgan fingerprint density at radius 3 is 2.56 bits per heavy atom. The number of anilines is 1. The maximum atomic E-state index is 5.57. The van der Waals surface area contributed by atoms with Gasteiger partial charge in [-0.05, 0) is 39.5 Å². The van der Waals surface area contributed by atoms with Crippen LogP contribution in [0.25, 0.3) is 11.3 Å². The van der Waals surface area contributed by atoms with Crippen LogP contribution < -0.4 is 10.5 Å². The molecular weight excluding hydrogens is 296 g/mol. The van der Waals surface area contributed by atoms with Crippen molar-refractivity contribution in [1.82, 2.24) is 5.16 Å². The van der Waals surface area contributed by atoms with Crippen LogP contribution in [0.5, 0.6) is 5.75 Å². The minimum absolute atomic E-state index is 0.344. The lowest BCUT2D eigenvalue weighted by atomic mass is 9.98. The first kappa shape index (κ1) is 13.0. The van der Waals surface area contributed by atoms with E-state index in [0.717, 1.165) is 21.3 Å². The molecule has 2 aromatic rings. The van der Waals surface area contributed by atoms with E-state index in [1.807, 2.05) is 12.1 Å². The zero-order valence-corrected chi connectivity index (χ0v) is 12.1. The van der Waals surface area contributed by atoms with Gasteiger partial charge in [-0.3, -0.25) is 0 Å². The number of nitrogens with zero attached hydrogens (tertiary/aromatic N) is 1. The summed E-state index contributed by atoms with van der Waals surface area (Å²) >= 11 is 3.51. The summed E-state index contributed by atoms with van der Waals surface area (Å²) in [5, 5.41) is 3.70. The number of nitrogens with two attached hydrogens (primary N) is 1. The quantitative estimate of drug-likeness (QED) is 0.936. The molecule has 0 aliphatic rings. The Hall–Kier alpha value is -1.49. The molecule has 0 bridgehead atoms. The van der Waals surface area contributed by atoms with E-state index in [-0.39, 0.29) is 0 Å². The molecule has 0 saturated carbocycles. The third kappa shape index (κ3) is 2.36. The Morgan fingerprint density at radius 1 is 1.33 bits per heavy atom.